The van der Waals surface area contributed by atoms with Gasteiger partial charge in [0.2, 0.25) is 0 Å². The lowest BCUT2D eigenvalue weighted by atomic mass is 10.1. The smallest absolute Gasteiger partial charge is 0.303 e. The van der Waals surface area contributed by atoms with Crippen LogP contribution in [-0.4, -0.2) is 11.1 Å². The Labute approximate surface area is 114 Å². The summed E-state index contributed by atoms with van der Waals surface area (Å²) in [6.45, 7) is 0. The third kappa shape index (κ3) is 7.39. The Hall–Kier alpha value is -1.64. The molecule has 1 aromatic carbocycles. The molecule has 1 N–H and O–H groups in total. The van der Waals surface area contributed by atoms with Crippen LogP contribution in [0.5, 0.6) is 0 Å². The Balaban J connectivity index is 2.05. The zero-order valence-corrected chi connectivity index (χ0v) is 11.1. The van der Waals surface area contributed by atoms with E-state index in [1.54, 1.807) is 12.1 Å². The number of carbonyl (C=O) groups is 1. The number of aliphatic carboxylic acids is 1. The molecule has 104 valence electrons. The summed E-state index contributed by atoms with van der Waals surface area (Å²) < 4.78 is 13.3. The number of benzene rings is 1. The second kappa shape index (κ2) is 9.31. The van der Waals surface area contributed by atoms with Crippen LogP contribution in [0.15, 0.2) is 30.3 Å². The molecule has 1 aromatic rings. The van der Waals surface area contributed by atoms with Gasteiger partial charge in [0.1, 0.15) is 5.82 Å². The minimum absolute atomic E-state index is 0.188. The number of hydrogen-bond acceptors (Lipinski definition) is 1. The van der Waals surface area contributed by atoms with E-state index in [9.17, 15) is 9.18 Å². The van der Waals surface area contributed by atoms with Crippen molar-refractivity contribution in [3.63, 3.8) is 0 Å². The largest absolute Gasteiger partial charge is 0.481 e. The van der Waals surface area contributed by atoms with Crippen LogP contribution in [0, 0.1) is 5.82 Å². The zero-order chi connectivity index (χ0) is 13.9. The third-order valence-corrected chi connectivity index (χ3v) is 2.96. The quantitative estimate of drug-likeness (QED) is 0.659. The number of halogens is 1. The lowest BCUT2D eigenvalue weighted by Gasteiger charge is -1.98. The second-order valence-electron chi connectivity index (χ2n) is 4.62. The molecule has 0 bridgehead atoms. The number of carboxylic acids is 1. The van der Waals surface area contributed by atoms with E-state index in [0.717, 1.165) is 38.5 Å². The molecule has 0 aliphatic carbocycles. The van der Waals surface area contributed by atoms with Crippen molar-refractivity contribution in [1.82, 2.24) is 0 Å². The van der Waals surface area contributed by atoms with Crippen LogP contribution < -0.4 is 0 Å². The molecular formula is C16H21FO2. The van der Waals surface area contributed by atoms with Crippen LogP contribution in [-0.2, 0) is 4.79 Å². The van der Waals surface area contributed by atoms with E-state index in [0.29, 0.717) is 5.56 Å². The summed E-state index contributed by atoms with van der Waals surface area (Å²) in [6.07, 6.45) is 10.00. The van der Waals surface area contributed by atoms with E-state index >= 15 is 0 Å². The summed E-state index contributed by atoms with van der Waals surface area (Å²) in [5.41, 5.74) is 0.629. The first-order valence-electron chi connectivity index (χ1n) is 6.83. The Morgan fingerprint density at radius 2 is 1.79 bits per heavy atom. The summed E-state index contributed by atoms with van der Waals surface area (Å²) in [6, 6.07) is 6.73. The molecule has 0 radical (unpaired) electrons. The Bertz CT molecular complexity index is 413. The van der Waals surface area contributed by atoms with Crippen molar-refractivity contribution in [3.8, 4) is 0 Å². The summed E-state index contributed by atoms with van der Waals surface area (Å²) in [7, 11) is 0. The van der Waals surface area contributed by atoms with E-state index in [-0.39, 0.29) is 12.2 Å². The standard InChI is InChI=1S/C16H21FO2/c17-15-12-9-8-11-14(15)10-6-4-2-1-3-5-7-13-16(18)19/h6,8-12H,1-5,7,13H2,(H,18,19)/b10-6+. The number of unbranched alkanes of at least 4 members (excludes halogenated alkanes) is 5. The average Bonchev–Trinajstić information content (AvgIpc) is 2.38. The SMILES string of the molecule is O=C(O)CCCCCCC/C=C/c1ccccc1F. The van der Waals surface area contributed by atoms with Crippen molar-refractivity contribution in [1.29, 1.82) is 0 Å². The molecule has 0 aromatic heterocycles. The van der Waals surface area contributed by atoms with Crippen molar-refractivity contribution in [2.24, 2.45) is 0 Å². The van der Waals surface area contributed by atoms with Gasteiger partial charge >= 0.3 is 5.97 Å². The van der Waals surface area contributed by atoms with Gasteiger partial charge in [-0.25, -0.2) is 4.39 Å². The minimum atomic E-state index is -0.715. The van der Waals surface area contributed by atoms with Gasteiger partial charge in [0.15, 0.2) is 0 Å². The molecule has 0 aliphatic rings. The number of allylic oxidation sites excluding steroid dienone is 1. The van der Waals surface area contributed by atoms with Crippen LogP contribution in [0.1, 0.15) is 50.5 Å². The van der Waals surface area contributed by atoms with E-state index in [1.807, 2.05) is 18.2 Å². The van der Waals surface area contributed by atoms with Crippen LogP contribution in [0.3, 0.4) is 0 Å². The molecule has 2 nitrogen and oxygen atoms in total. The molecule has 0 unspecified atom stereocenters. The van der Waals surface area contributed by atoms with Gasteiger partial charge in [-0.1, -0.05) is 49.6 Å². The molecule has 19 heavy (non-hydrogen) atoms. The summed E-state index contributed by atoms with van der Waals surface area (Å²) in [5.74, 6) is -0.903. The molecule has 0 saturated carbocycles. The number of hydrogen-bond donors (Lipinski definition) is 1. The van der Waals surface area contributed by atoms with Crippen LogP contribution in [0.25, 0.3) is 6.08 Å². The van der Waals surface area contributed by atoms with Gasteiger partial charge in [-0.2, -0.15) is 0 Å². The highest BCUT2D eigenvalue weighted by atomic mass is 19.1. The van der Waals surface area contributed by atoms with Crippen molar-refractivity contribution in [2.45, 2.75) is 44.9 Å². The van der Waals surface area contributed by atoms with Crippen molar-refractivity contribution in [2.75, 3.05) is 0 Å². The summed E-state index contributed by atoms with van der Waals surface area (Å²) in [4.78, 5) is 10.3. The van der Waals surface area contributed by atoms with Gasteiger partial charge in [-0.3, -0.25) is 4.79 Å². The first-order valence-corrected chi connectivity index (χ1v) is 6.83. The predicted molar refractivity (Wildman–Crippen MR) is 75.4 cm³/mol. The van der Waals surface area contributed by atoms with E-state index in [4.69, 9.17) is 5.11 Å². The van der Waals surface area contributed by atoms with Gasteiger partial charge < -0.3 is 5.11 Å². The highest BCUT2D eigenvalue weighted by Gasteiger charge is 1.96. The molecular weight excluding hydrogens is 243 g/mol. The maximum atomic E-state index is 13.3. The van der Waals surface area contributed by atoms with Crippen molar-refractivity contribution >= 4 is 12.0 Å². The van der Waals surface area contributed by atoms with Crippen molar-refractivity contribution in [3.05, 3.63) is 41.7 Å². The van der Waals surface area contributed by atoms with Crippen molar-refractivity contribution < 1.29 is 14.3 Å². The maximum absolute atomic E-state index is 13.3. The fourth-order valence-corrected chi connectivity index (χ4v) is 1.89. The van der Waals surface area contributed by atoms with Crippen LogP contribution >= 0.6 is 0 Å². The molecule has 0 heterocycles. The Morgan fingerprint density at radius 3 is 2.53 bits per heavy atom. The Morgan fingerprint density at radius 1 is 1.11 bits per heavy atom. The maximum Gasteiger partial charge on any atom is 0.303 e. The van der Waals surface area contributed by atoms with E-state index in [1.165, 1.54) is 6.07 Å². The van der Waals surface area contributed by atoms with Gasteiger partial charge in [0.05, 0.1) is 0 Å². The third-order valence-electron chi connectivity index (χ3n) is 2.96. The van der Waals surface area contributed by atoms with Gasteiger partial charge in [-0.05, 0) is 25.3 Å². The summed E-state index contributed by atoms with van der Waals surface area (Å²) in [5, 5.41) is 8.48. The first kappa shape index (κ1) is 15.4. The molecule has 0 atom stereocenters. The lowest BCUT2D eigenvalue weighted by Crippen LogP contribution is -1.93. The molecule has 0 amide bonds. The number of rotatable bonds is 9. The first-order chi connectivity index (χ1) is 9.20. The number of carboxylic acid groups (broad SMARTS) is 1. The van der Waals surface area contributed by atoms with Gasteiger partial charge in [-0.15, -0.1) is 0 Å². The zero-order valence-electron chi connectivity index (χ0n) is 11.1. The summed E-state index contributed by atoms with van der Waals surface area (Å²) >= 11 is 0. The average molecular weight is 264 g/mol. The van der Waals surface area contributed by atoms with Gasteiger partial charge in [0.25, 0.3) is 0 Å². The molecule has 1 rings (SSSR count). The van der Waals surface area contributed by atoms with Crippen LogP contribution in [0.4, 0.5) is 4.39 Å². The molecule has 0 fully saturated rings. The normalized spacial score (nSPS) is 11.0. The fraction of sp³-hybridized carbons (Fsp3) is 0.438. The van der Waals surface area contributed by atoms with E-state index in [2.05, 4.69) is 0 Å². The minimum Gasteiger partial charge on any atom is -0.481 e. The monoisotopic (exact) mass is 264 g/mol. The molecule has 3 heteroatoms. The van der Waals surface area contributed by atoms with E-state index < -0.39 is 5.97 Å². The Kier molecular flexibility index (Phi) is 7.56. The highest BCUT2D eigenvalue weighted by Crippen LogP contribution is 2.11. The predicted octanol–water partition coefficient (Wildman–Crippen LogP) is 4.65. The molecule has 0 spiro atoms. The topological polar surface area (TPSA) is 37.3 Å². The lowest BCUT2D eigenvalue weighted by molar-refractivity contribution is -0.137. The van der Waals surface area contributed by atoms with Crippen LogP contribution in [0.2, 0.25) is 0 Å². The molecule has 0 aliphatic heterocycles. The second-order valence-corrected chi connectivity index (χ2v) is 4.62. The molecule has 0 saturated heterocycles. The fourth-order valence-electron chi connectivity index (χ4n) is 1.89. The highest BCUT2D eigenvalue weighted by molar-refractivity contribution is 5.66. The van der Waals surface area contributed by atoms with Gasteiger partial charge in [0, 0.05) is 12.0 Å².